The van der Waals surface area contributed by atoms with Crippen molar-refractivity contribution in [1.29, 1.82) is 0 Å². The Hall–Kier alpha value is -0.340. The van der Waals surface area contributed by atoms with Gasteiger partial charge in [-0.3, -0.25) is 0 Å². The zero-order valence-electron chi connectivity index (χ0n) is 7.13. The molecule has 0 aliphatic carbocycles. The van der Waals surface area contributed by atoms with Crippen molar-refractivity contribution in [1.82, 2.24) is 0 Å². The van der Waals surface area contributed by atoms with Gasteiger partial charge >= 0.3 is 0 Å². The highest BCUT2D eigenvalue weighted by atomic mass is 32.1. The van der Waals surface area contributed by atoms with Gasteiger partial charge in [-0.1, -0.05) is 13.3 Å². The lowest BCUT2D eigenvalue weighted by atomic mass is 10.2. The first-order chi connectivity index (χ1) is 5.24. The van der Waals surface area contributed by atoms with Crippen molar-refractivity contribution < 1.29 is 0 Å². The summed E-state index contributed by atoms with van der Waals surface area (Å²) in [6.45, 7) is 4.23. The van der Waals surface area contributed by atoms with Crippen LogP contribution in [0.15, 0.2) is 12.1 Å². The van der Waals surface area contributed by atoms with Gasteiger partial charge in [-0.15, -0.1) is 11.3 Å². The number of hydrogen-bond acceptors (Lipinski definition) is 2. The normalized spacial score (nSPS) is 13.4. The molecule has 0 radical (unpaired) electrons. The maximum Gasteiger partial charge on any atom is 0.0361 e. The van der Waals surface area contributed by atoms with Crippen LogP contribution in [-0.2, 0) is 6.42 Å². The molecule has 0 aliphatic heterocycles. The lowest BCUT2D eigenvalue weighted by Gasteiger charge is -1.97. The van der Waals surface area contributed by atoms with E-state index >= 15 is 0 Å². The fourth-order valence-electron chi connectivity index (χ4n) is 1.02. The van der Waals surface area contributed by atoms with Crippen molar-refractivity contribution in [3.05, 3.63) is 21.9 Å². The first kappa shape index (κ1) is 8.75. The van der Waals surface area contributed by atoms with Crippen LogP contribution in [0, 0.1) is 0 Å². The molecule has 2 heteroatoms. The third kappa shape index (κ3) is 2.31. The molecule has 0 bridgehead atoms. The summed E-state index contributed by atoms with van der Waals surface area (Å²) in [4.78, 5) is 2.76. The lowest BCUT2D eigenvalue weighted by molar-refractivity contribution is 0.838. The largest absolute Gasteiger partial charge is 0.324 e. The Morgan fingerprint density at radius 1 is 1.55 bits per heavy atom. The van der Waals surface area contributed by atoms with E-state index in [1.165, 1.54) is 22.6 Å². The number of nitrogens with two attached hydrogens (primary N) is 1. The quantitative estimate of drug-likeness (QED) is 0.739. The van der Waals surface area contributed by atoms with Crippen LogP contribution in [0.3, 0.4) is 0 Å². The van der Waals surface area contributed by atoms with E-state index in [0.29, 0.717) is 0 Å². The van der Waals surface area contributed by atoms with Crippen LogP contribution >= 0.6 is 11.3 Å². The average Bonchev–Trinajstić information content (AvgIpc) is 2.37. The van der Waals surface area contributed by atoms with E-state index < -0.39 is 0 Å². The fraction of sp³-hybridized carbons (Fsp3) is 0.556. The Kier molecular flexibility index (Phi) is 3.09. The van der Waals surface area contributed by atoms with Gasteiger partial charge in [0.15, 0.2) is 0 Å². The summed E-state index contributed by atoms with van der Waals surface area (Å²) >= 11 is 1.84. The van der Waals surface area contributed by atoms with E-state index in [0.717, 1.165) is 0 Å². The van der Waals surface area contributed by atoms with Crippen LogP contribution in [0.4, 0.5) is 0 Å². The second-order valence-electron chi connectivity index (χ2n) is 2.84. The summed E-state index contributed by atoms with van der Waals surface area (Å²) in [5.74, 6) is 0. The predicted molar refractivity (Wildman–Crippen MR) is 50.9 cm³/mol. The van der Waals surface area contributed by atoms with Gasteiger partial charge in [-0.25, -0.2) is 0 Å². The Labute approximate surface area is 72.2 Å². The maximum absolute atomic E-state index is 5.73. The molecular formula is C9H15NS. The minimum absolute atomic E-state index is 0.200. The molecule has 1 nitrogen and oxygen atoms in total. The van der Waals surface area contributed by atoms with Gasteiger partial charge in [0.25, 0.3) is 0 Å². The van der Waals surface area contributed by atoms with Crippen LogP contribution < -0.4 is 5.73 Å². The molecule has 0 saturated heterocycles. The lowest BCUT2D eigenvalue weighted by Crippen LogP contribution is -2.01. The van der Waals surface area contributed by atoms with E-state index in [9.17, 15) is 0 Å². The van der Waals surface area contributed by atoms with Crippen molar-refractivity contribution in [2.45, 2.75) is 32.7 Å². The van der Waals surface area contributed by atoms with Crippen LogP contribution in [0.25, 0.3) is 0 Å². The third-order valence-electron chi connectivity index (χ3n) is 1.63. The smallest absolute Gasteiger partial charge is 0.0361 e. The highest BCUT2D eigenvalue weighted by Gasteiger charge is 2.02. The van der Waals surface area contributed by atoms with Crippen LogP contribution in [0.1, 0.15) is 36.1 Å². The molecule has 1 heterocycles. The zero-order valence-corrected chi connectivity index (χ0v) is 7.95. The molecule has 0 aromatic carbocycles. The summed E-state index contributed by atoms with van der Waals surface area (Å²) in [6, 6.07) is 4.53. The van der Waals surface area contributed by atoms with Gasteiger partial charge in [0.1, 0.15) is 0 Å². The van der Waals surface area contributed by atoms with E-state index in [2.05, 4.69) is 19.1 Å². The maximum atomic E-state index is 5.73. The fourth-order valence-corrected chi connectivity index (χ4v) is 2.09. The number of thiophene rings is 1. The van der Waals surface area contributed by atoms with Crippen LogP contribution in [0.5, 0.6) is 0 Å². The van der Waals surface area contributed by atoms with Crippen LogP contribution in [-0.4, -0.2) is 0 Å². The summed E-state index contributed by atoms with van der Waals surface area (Å²) in [5, 5.41) is 0. The first-order valence-corrected chi connectivity index (χ1v) is 4.90. The highest BCUT2D eigenvalue weighted by molar-refractivity contribution is 7.12. The molecule has 1 aromatic rings. The van der Waals surface area contributed by atoms with E-state index in [-0.39, 0.29) is 6.04 Å². The molecule has 62 valence electrons. The molecule has 0 spiro atoms. The second-order valence-corrected chi connectivity index (χ2v) is 4.04. The molecule has 1 atom stereocenters. The summed E-state index contributed by atoms with van der Waals surface area (Å²) < 4.78 is 0. The van der Waals surface area contributed by atoms with Crippen molar-refractivity contribution in [2.24, 2.45) is 5.73 Å². The number of aryl methyl sites for hydroxylation is 1. The Morgan fingerprint density at radius 3 is 2.73 bits per heavy atom. The van der Waals surface area contributed by atoms with E-state index in [4.69, 9.17) is 5.73 Å². The van der Waals surface area contributed by atoms with Gasteiger partial charge in [-0.2, -0.15) is 0 Å². The Balaban J connectivity index is 2.66. The van der Waals surface area contributed by atoms with Crippen molar-refractivity contribution in [3.63, 3.8) is 0 Å². The molecule has 0 saturated carbocycles. The monoisotopic (exact) mass is 169 g/mol. The van der Waals surface area contributed by atoms with Gasteiger partial charge < -0.3 is 5.73 Å². The molecule has 1 aromatic heterocycles. The SMILES string of the molecule is CCCc1ccc([C@H](C)N)s1. The van der Waals surface area contributed by atoms with E-state index in [1.54, 1.807) is 0 Å². The molecule has 0 fully saturated rings. The predicted octanol–water partition coefficient (Wildman–Crippen LogP) is 2.72. The second kappa shape index (κ2) is 3.88. The Morgan fingerprint density at radius 2 is 2.27 bits per heavy atom. The van der Waals surface area contributed by atoms with Gasteiger partial charge in [0, 0.05) is 15.8 Å². The van der Waals surface area contributed by atoms with Crippen molar-refractivity contribution >= 4 is 11.3 Å². The Bertz CT molecular complexity index is 215. The molecule has 0 amide bonds. The average molecular weight is 169 g/mol. The van der Waals surface area contributed by atoms with Crippen LogP contribution in [0.2, 0.25) is 0 Å². The molecule has 0 unspecified atom stereocenters. The molecule has 2 N–H and O–H groups in total. The zero-order chi connectivity index (χ0) is 8.27. The van der Waals surface area contributed by atoms with Gasteiger partial charge in [-0.05, 0) is 25.5 Å². The summed E-state index contributed by atoms with van der Waals surface area (Å²) in [5.41, 5.74) is 5.73. The van der Waals surface area contributed by atoms with Gasteiger partial charge in [0.2, 0.25) is 0 Å². The first-order valence-electron chi connectivity index (χ1n) is 4.08. The summed E-state index contributed by atoms with van der Waals surface area (Å²) in [6.07, 6.45) is 2.41. The highest BCUT2D eigenvalue weighted by Crippen LogP contribution is 2.22. The standard InChI is InChI=1S/C9H15NS/c1-3-4-8-5-6-9(11-8)7(2)10/h5-7H,3-4,10H2,1-2H3/t7-/m0/s1. The van der Waals surface area contributed by atoms with Gasteiger partial charge in [0.05, 0.1) is 0 Å². The summed E-state index contributed by atoms with van der Waals surface area (Å²) in [7, 11) is 0. The number of hydrogen-bond donors (Lipinski definition) is 1. The molecule has 0 aliphatic rings. The van der Waals surface area contributed by atoms with E-state index in [1.807, 2.05) is 18.3 Å². The molecule has 1 rings (SSSR count). The number of rotatable bonds is 3. The minimum Gasteiger partial charge on any atom is -0.324 e. The van der Waals surface area contributed by atoms with Crippen molar-refractivity contribution in [3.8, 4) is 0 Å². The third-order valence-corrected chi connectivity index (χ3v) is 2.97. The molecular weight excluding hydrogens is 154 g/mol. The molecule has 11 heavy (non-hydrogen) atoms. The van der Waals surface area contributed by atoms with Crippen molar-refractivity contribution in [2.75, 3.05) is 0 Å². The topological polar surface area (TPSA) is 26.0 Å². The minimum atomic E-state index is 0.200.